The van der Waals surface area contributed by atoms with Gasteiger partial charge in [-0.1, -0.05) is 18.1 Å². The van der Waals surface area contributed by atoms with E-state index >= 15 is 0 Å². The molecule has 0 aliphatic heterocycles. The van der Waals surface area contributed by atoms with Crippen molar-refractivity contribution < 1.29 is 19.8 Å². The molecule has 0 aromatic heterocycles. The second-order valence-corrected chi connectivity index (χ2v) is 3.69. The van der Waals surface area contributed by atoms with Crippen molar-refractivity contribution in [2.24, 2.45) is 0 Å². The van der Waals surface area contributed by atoms with Crippen LogP contribution >= 0.6 is 0 Å². The first-order valence-corrected chi connectivity index (χ1v) is 5.24. The minimum absolute atomic E-state index is 0.0385. The molecule has 0 bridgehead atoms. The van der Waals surface area contributed by atoms with Crippen LogP contribution in [-0.4, -0.2) is 40.1 Å². The van der Waals surface area contributed by atoms with E-state index in [4.69, 9.17) is 16.6 Å². The second kappa shape index (κ2) is 6.30. The summed E-state index contributed by atoms with van der Waals surface area (Å²) < 4.78 is 0. The molecule has 0 heterocycles. The lowest BCUT2D eigenvalue weighted by atomic mass is 10.1. The third-order valence-corrected chi connectivity index (χ3v) is 2.25. The number of carbonyl (C=O) groups is 2. The Labute approximate surface area is 105 Å². The van der Waals surface area contributed by atoms with Gasteiger partial charge in [-0.25, -0.2) is 0 Å². The fourth-order valence-corrected chi connectivity index (χ4v) is 1.41. The molecule has 18 heavy (non-hydrogen) atoms. The van der Waals surface area contributed by atoms with E-state index in [1.807, 2.05) is 0 Å². The number of nitrogens with zero attached hydrogens (tertiary/aromatic N) is 1. The van der Waals surface area contributed by atoms with Crippen molar-refractivity contribution >= 4 is 11.9 Å². The van der Waals surface area contributed by atoms with E-state index in [2.05, 4.69) is 5.92 Å². The van der Waals surface area contributed by atoms with Gasteiger partial charge in [0, 0.05) is 0 Å². The molecule has 0 atom stereocenters. The van der Waals surface area contributed by atoms with Gasteiger partial charge < -0.3 is 15.1 Å². The largest absolute Gasteiger partial charge is 0.508 e. The van der Waals surface area contributed by atoms with Gasteiger partial charge in [-0.15, -0.1) is 6.42 Å². The van der Waals surface area contributed by atoms with Crippen molar-refractivity contribution in [1.29, 1.82) is 0 Å². The summed E-state index contributed by atoms with van der Waals surface area (Å²) in [6.07, 6.45) is 5.14. The van der Waals surface area contributed by atoms with Crippen LogP contribution in [0.2, 0.25) is 0 Å². The summed E-state index contributed by atoms with van der Waals surface area (Å²) >= 11 is 0. The molecule has 0 radical (unpaired) electrons. The van der Waals surface area contributed by atoms with Crippen molar-refractivity contribution in [3.05, 3.63) is 29.8 Å². The summed E-state index contributed by atoms with van der Waals surface area (Å²) in [4.78, 5) is 23.5. The highest BCUT2D eigenvalue weighted by Gasteiger charge is 2.15. The maximum atomic E-state index is 11.8. The number of amides is 1. The van der Waals surface area contributed by atoms with E-state index in [0.717, 1.165) is 4.90 Å². The minimum Gasteiger partial charge on any atom is -0.508 e. The van der Waals surface area contributed by atoms with Gasteiger partial charge in [-0.3, -0.25) is 9.59 Å². The third-order valence-electron chi connectivity index (χ3n) is 2.25. The van der Waals surface area contributed by atoms with Gasteiger partial charge in [0.05, 0.1) is 13.0 Å². The number of phenolic OH excluding ortho intramolecular Hbond substituents is 1. The van der Waals surface area contributed by atoms with Crippen molar-refractivity contribution in [1.82, 2.24) is 4.90 Å². The number of hydrogen-bond donors (Lipinski definition) is 2. The maximum Gasteiger partial charge on any atom is 0.323 e. The zero-order valence-corrected chi connectivity index (χ0v) is 9.67. The van der Waals surface area contributed by atoms with Crippen LogP contribution in [-0.2, 0) is 16.0 Å². The van der Waals surface area contributed by atoms with E-state index < -0.39 is 12.5 Å². The van der Waals surface area contributed by atoms with Crippen LogP contribution in [0.4, 0.5) is 0 Å². The fraction of sp³-hybridized carbons (Fsp3) is 0.231. The highest BCUT2D eigenvalue weighted by Crippen LogP contribution is 2.10. The Kier molecular flexibility index (Phi) is 4.76. The summed E-state index contributed by atoms with van der Waals surface area (Å²) in [5.41, 5.74) is 0.685. The molecule has 1 aromatic carbocycles. The standard InChI is InChI=1S/C13H13NO4/c1-2-7-14(9-13(17)18)12(16)8-10-3-5-11(15)6-4-10/h1,3-6,15H,7-9H2,(H,17,18). The monoisotopic (exact) mass is 247 g/mol. The Morgan fingerprint density at radius 1 is 1.28 bits per heavy atom. The van der Waals surface area contributed by atoms with Crippen LogP contribution in [0, 0.1) is 12.3 Å². The highest BCUT2D eigenvalue weighted by molar-refractivity contribution is 5.83. The molecule has 5 nitrogen and oxygen atoms in total. The van der Waals surface area contributed by atoms with Crippen LogP contribution in [0.15, 0.2) is 24.3 Å². The third kappa shape index (κ3) is 4.18. The minimum atomic E-state index is -1.11. The lowest BCUT2D eigenvalue weighted by molar-refractivity contribution is -0.143. The molecule has 0 spiro atoms. The number of carboxylic acids is 1. The molecule has 1 amide bonds. The van der Waals surface area contributed by atoms with Gasteiger partial charge >= 0.3 is 5.97 Å². The van der Waals surface area contributed by atoms with Crippen molar-refractivity contribution in [2.75, 3.05) is 13.1 Å². The Bertz CT molecular complexity index is 473. The lowest BCUT2D eigenvalue weighted by Gasteiger charge is -2.17. The predicted molar refractivity (Wildman–Crippen MR) is 64.9 cm³/mol. The molecule has 1 rings (SSSR count). The summed E-state index contributed by atoms with van der Waals surface area (Å²) in [5, 5.41) is 17.8. The Morgan fingerprint density at radius 3 is 2.39 bits per heavy atom. The topological polar surface area (TPSA) is 77.8 Å². The molecule has 0 aliphatic carbocycles. The molecule has 0 fully saturated rings. The SMILES string of the molecule is C#CCN(CC(=O)O)C(=O)Cc1ccc(O)cc1. The van der Waals surface area contributed by atoms with Gasteiger partial charge in [-0.2, -0.15) is 0 Å². The van der Waals surface area contributed by atoms with Crippen LogP contribution in [0.5, 0.6) is 5.75 Å². The average molecular weight is 247 g/mol. The molecule has 0 aliphatic rings. The number of carbonyl (C=O) groups excluding carboxylic acids is 1. The van der Waals surface area contributed by atoms with E-state index in [1.54, 1.807) is 12.1 Å². The summed E-state index contributed by atoms with van der Waals surface area (Å²) in [5.74, 6) is 0.892. The first-order valence-electron chi connectivity index (χ1n) is 5.24. The molecular formula is C13H13NO4. The van der Waals surface area contributed by atoms with Gasteiger partial charge in [0.2, 0.25) is 5.91 Å². The zero-order valence-electron chi connectivity index (χ0n) is 9.67. The first kappa shape index (κ1) is 13.6. The Balaban J connectivity index is 2.69. The molecule has 0 unspecified atom stereocenters. The Hall–Kier alpha value is -2.48. The summed E-state index contributed by atoms with van der Waals surface area (Å²) in [6.45, 7) is -0.454. The van der Waals surface area contributed by atoms with Crippen LogP contribution in [0.1, 0.15) is 5.56 Å². The summed E-state index contributed by atoms with van der Waals surface area (Å²) in [7, 11) is 0. The number of aromatic hydroxyl groups is 1. The predicted octanol–water partition coefficient (Wildman–Crippen LogP) is 0.481. The molecule has 1 aromatic rings. The number of aliphatic carboxylic acids is 1. The molecule has 0 saturated carbocycles. The summed E-state index contributed by atoms with van der Waals surface area (Å²) in [6, 6.07) is 6.13. The fourth-order valence-electron chi connectivity index (χ4n) is 1.41. The molecule has 0 saturated heterocycles. The molecule has 2 N–H and O–H groups in total. The van der Waals surface area contributed by atoms with Crippen molar-refractivity contribution in [3.8, 4) is 18.1 Å². The van der Waals surface area contributed by atoms with Crippen LogP contribution < -0.4 is 0 Å². The van der Waals surface area contributed by atoms with Gasteiger partial charge in [-0.05, 0) is 17.7 Å². The van der Waals surface area contributed by atoms with Gasteiger partial charge in [0.25, 0.3) is 0 Å². The Morgan fingerprint density at radius 2 is 1.89 bits per heavy atom. The van der Waals surface area contributed by atoms with E-state index in [-0.39, 0.29) is 24.6 Å². The van der Waals surface area contributed by atoms with Gasteiger partial charge in [0.1, 0.15) is 12.3 Å². The van der Waals surface area contributed by atoms with Crippen LogP contribution in [0.3, 0.4) is 0 Å². The van der Waals surface area contributed by atoms with E-state index in [0.29, 0.717) is 5.56 Å². The smallest absolute Gasteiger partial charge is 0.323 e. The van der Waals surface area contributed by atoms with Crippen molar-refractivity contribution in [2.45, 2.75) is 6.42 Å². The quantitative estimate of drug-likeness (QED) is 0.742. The molecule has 94 valence electrons. The number of phenols is 1. The van der Waals surface area contributed by atoms with E-state index in [9.17, 15) is 9.59 Å². The maximum absolute atomic E-state index is 11.8. The number of benzene rings is 1. The number of carboxylic acid groups (broad SMARTS) is 1. The average Bonchev–Trinajstić information content (AvgIpc) is 2.31. The number of rotatable bonds is 5. The lowest BCUT2D eigenvalue weighted by Crippen LogP contribution is -2.36. The normalized spacial score (nSPS) is 9.50. The zero-order chi connectivity index (χ0) is 13.5. The van der Waals surface area contributed by atoms with Crippen LogP contribution in [0.25, 0.3) is 0 Å². The van der Waals surface area contributed by atoms with E-state index in [1.165, 1.54) is 12.1 Å². The first-order chi connectivity index (χ1) is 8.52. The second-order valence-electron chi connectivity index (χ2n) is 3.69. The van der Waals surface area contributed by atoms with Crippen molar-refractivity contribution in [3.63, 3.8) is 0 Å². The number of terminal acetylenes is 1. The molecular weight excluding hydrogens is 234 g/mol. The van der Waals surface area contributed by atoms with Gasteiger partial charge in [0.15, 0.2) is 0 Å². The number of hydrogen-bond acceptors (Lipinski definition) is 3. The highest BCUT2D eigenvalue weighted by atomic mass is 16.4. The molecule has 5 heteroatoms.